The molecule has 0 bridgehead atoms. The van der Waals surface area contributed by atoms with Crippen molar-refractivity contribution in [3.8, 4) is 0 Å². The fourth-order valence-electron chi connectivity index (χ4n) is 7.88. The minimum atomic E-state index is -0.774. The summed E-state index contributed by atoms with van der Waals surface area (Å²) in [5.74, 6) is -0.878. The lowest BCUT2D eigenvalue weighted by Crippen LogP contribution is -2.30. The van der Waals surface area contributed by atoms with Gasteiger partial charge >= 0.3 is 17.9 Å². The first kappa shape index (κ1) is 62.1. The molecule has 0 heterocycles. The number of rotatable bonds is 50. The summed E-state index contributed by atoms with van der Waals surface area (Å²) >= 11 is 0. The highest BCUT2D eigenvalue weighted by atomic mass is 16.6. The van der Waals surface area contributed by atoms with Gasteiger partial charge in [0.15, 0.2) is 6.10 Å². The first-order chi connectivity index (χ1) is 32.0. The van der Waals surface area contributed by atoms with E-state index in [1.54, 1.807) is 0 Å². The summed E-state index contributed by atoms with van der Waals surface area (Å²) in [6.45, 7) is 6.52. The molecule has 0 aromatic carbocycles. The van der Waals surface area contributed by atoms with Crippen molar-refractivity contribution in [2.75, 3.05) is 13.2 Å². The second-order valence-corrected chi connectivity index (χ2v) is 18.5. The van der Waals surface area contributed by atoms with Crippen molar-refractivity contribution in [3.63, 3.8) is 0 Å². The molecule has 0 aliphatic rings. The first-order valence-corrected chi connectivity index (χ1v) is 27.8. The molecule has 0 radical (unpaired) electrons. The fourth-order valence-corrected chi connectivity index (χ4v) is 7.88. The van der Waals surface area contributed by atoms with Crippen molar-refractivity contribution in [1.29, 1.82) is 0 Å². The normalized spacial score (nSPS) is 12.5. The van der Waals surface area contributed by atoms with Crippen molar-refractivity contribution in [2.24, 2.45) is 0 Å². The van der Waals surface area contributed by atoms with Crippen molar-refractivity contribution in [3.05, 3.63) is 60.8 Å². The van der Waals surface area contributed by atoms with Gasteiger partial charge in [-0.15, -0.1) is 0 Å². The van der Waals surface area contributed by atoms with E-state index in [-0.39, 0.29) is 31.1 Å². The molecule has 6 heteroatoms. The summed E-state index contributed by atoms with van der Waals surface area (Å²) in [4.78, 5) is 38.0. The maximum atomic E-state index is 12.8. The molecule has 0 saturated heterocycles. The molecular formula is C59H104O6. The molecule has 0 saturated carbocycles. The van der Waals surface area contributed by atoms with Gasteiger partial charge in [-0.1, -0.05) is 255 Å². The van der Waals surface area contributed by atoms with Gasteiger partial charge in [-0.2, -0.15) is 0 Å². The second kappa shape index (κ2) is 53.7. The van der Waals surface area contributed by atoms with Gasteiger partial charge in [-0.3, -0.25) is 14.4 Å². The van der Waals surface area contributed by atoms with E-state index in [1.807, 2.05) is 0 Å². The Balaban J connectivity index is 4.27. The Kier molecular flexibility index (Phi) is 51.3. The molecule has 0 spiro atoms. The largest absolute Gasteiger partial charge is 0.462 e. The third kappa shape index (κ3) is 51.9. The molecule has 0 aliphatic heterocycles. The summed E-state index contributed by atoms with van der Waals surface area (Å²) in [7, 11) is 0. The molecule has 0 fully saturated rings. The standard InChI is InChI=1S/C59H104O6/c1-4-7-10-13-16-19-21-23-25-26-27-28-29-30-31-32-34-35-37-40-43-46-49-52-58(61)64-55-56(54-63-57(60)51-48-45-42-39-18-15-12-9-6-3)65-59(62)53-50-47-44-41-38-36-33-24-22-20-17-14-11-8-5-2/h7,10,16,19,23,25,27-28,30-31,56H,4-6,8-9,11-15,17-18,20-22,24,26,29,32-55H2,1-3H3/b10-7-,19-16-,25-23-,28-27-,31-30-. The lowest BCUT2D eigenvalue weighted by Gasteiger charge is -2.18. The molecule has 0 rings (SSSR count). The third-order valence-corrected chi connectivity index (χ3v) is 12.0. The zero-order valence-corrected chi connectivity index (χ0v) is 43.0. The van der Waals surface area contributed by atoms with Gasteiger partial charge in [-0.05, 0) is 64.2 Å². The molecule has 1 unspecified atom stereocenters. The van der Waals surface area contributed by atoms with Gasteiger partial charge < -0.3 is 14.2 Å². The Labute approximate surface area is 402 Å². The predicted molar refractivity (Wildman–Crippen MR) is 279 cm³/mol. The quantitative estimate of drug-likeness (QED) is 0.0262. The Morgan fingerprint density at radius 1 is 0.323 bits per heavy atom. The molecule has 65 heavy (non-hydrogen) atoms. The average molecular weight is 909 g/mol. The lowest BCUT2D eigenvalue weighted by molar-refractivity contribution is -0.167. The monoisotopic (exact) mass is 909 g/mol. The number of hydrogen-bond donors (Lipinski definition) is 0. The van der Waals surface area contributed by atoms with Crippen molar-refractivity contribution in [1.82, 2.24) is 0 Å². The van der Waals surface area contributed by atoms with E-state index in [4.69, 9.17) is 14.2 Å². The maximum absolute atomic E-state index is 12.8. The summed E-state index contributed by atoms with van der Waals surface area (Å²) in [6, 6.07) is 0. The van der Waals surface area contributed by atoms with Gasteiger partial charge in [-0.25, -0.2) is 0 Å². The first-order valence-electron chi connectivity index (χ1n) is 27.8. The molecule has 0 amide bonds. The van der Waals surface area contributed by atoms with Crippen LogP contribution in [0.1, 0.15) is 278 Å². The Bertz CT molecular complexity index is 1180. The fraction of sp³-hybridized carbons (Fsp3) is 0.780. The number of ether oxygens (including phenoxy) is 3. The van der Waals surface area contributed by atoms with Crippen molar-refractivity contribution >= 4 is 17.9 Å². The van der Waals surface area contributed by atoms with E-state index < -0.39 is 6.10 Å². The molecule has 0 N–H and O–H groups in total. The van der Waals surface area contributed by atoms with Crippen LogP contribution in [0.2, 0.25) is 0 Å². The number of carbonyl (C=O) groups is 3. The summed E-state index contributed by atoms with van der Waals surface area (Å²) < 4.78 is 16.8. The number of carbonyl (C=O) groups excluding carboxylic acids is 3. The molecule has 0 aromatic heterocycles. The van der Waals surface area contributed by atoms with Gasteiger partial charge in [0.05, 0.1) is 0 Å². The molecule has 0 aliphatic carbocycles. The molecule has 6 nitrogen and oxygen atoms in total. The summed E-state index contributed by atoms with van der Waals surface area (Å²) in [6.07, 6.45) is 66.4. The maximum Gasteiger partial charge on any atom is 0.306 e. The van der Waals surface area contributed by atoms with E-state index in [2.05, 4.69) is 81.5 Å². The van der Waals surface area contributed by atoms with Crippen molar-refractivity contribution in [2.45, 2.75) is 284 Å². The van der Waals surface area contributed by atoms with Crippen LogP contribution in [-0.4, -0.2) is 37.2 Å². The van der Waals surface area contributed by atoms with Gasteiger partial charge in [0.2, 0.25) is 0 Å². The lowest BCUT2D eigenvalue weighted by atomic mass is 10.0. The van der Waals surface area contributed by atoms with Crippen LogP contribution in [-0.2, 0) is 28.6 Å². The van der Waals surface area contributed by atoms with Crippen LogP contribution in [0, 0.1) is 0 Å². The molecule has 376 valence electrons. The summed E-state index contributed by atoms with van der Waals surface area (Å²) in [5, 5.41) is 0. The van der Waals surface area contributed by atoms with E-state index in [1.165, 1.54) is 141 Å². The average Bonchev–Trinajstić information content (AvgIpc) is 3.30. The van der Waals surface area contributed by atoms with Crippen LogP contribution in [0.4, 0.5) is 0 Å². The van der Waals surface area contributed by atoms with Gasteiger partial charge in [0.25, 0.3) is 0 Å². The van der Waals surface area contributed by atoms with Gasteiger partial charge in [0.1, 0.15) is 13.2 Å². The molecule has 1 atom stereocenters. The number of unbranched alkanes of at least 4 members (excludes halogenated alkanes) is 29. The smallest absolute Gasteiger partial charge is 0.306 e. The zero-order chi connectivity index (χ0) is 47.2. The molecule has 0 aromatic rings. The number of hydrogen-bond acceptors (Lipinski definition) is 6. The Hall–Kier alpha value is -2.89. The van der Waals surface area contributed by atoms with E-state index in [0.717, 1.165) is 96.3 Å². The number of allylic oxidation sites excluding steroid dienone is 10. The molecular weight excluding hydrogens is 805 g/mol. The van der Waals surface area contributed by atoms with Crippen LogP contribution in [0.3, 0.4) is 0 Å². The third-order valence-electron chi connectivity index (χ3n) is 12.0. The van der Waals surface area contributed by atoms with Crippen LogP contribution >= 0.6 is 0 Å². The minimum Gasteiger partial charge on any atom is -0.462 e. The zero-order valence-electron chi connectivity index (χ0n) is 43.0. The Morgan fingerprint density at radius 3 is 0.938 bits per heavy atom. The number of esters is 3. The predicted octanol–water partition coefficient (Wildman–Crippen LogP) is 18.4. The highest BCUT2D eigenvalue weighted by Crippen LogP contribution is 2.16. The highest BCUT2D eigenvalue weighted by molar-refractivity contribution is 5.71. The summed E-state index contributed by atoms with van der Waals surface area (Å²) in [5.41, 5.74) is 0. The van der Waals surface area contributed by atoms with Crippen LogP contribution in [0.15, 0.2) is 60.8 Å². The Morgan fingerprint density at radius 2 is 0.600 bits per heavy atom. The van der Waals surface area contributed by atoms with Crippen LogP contribution in [0.5, 0.6) is 0 Å². The van der Waals surface area contributed by atoms with Crippen LogP contribution in [0.25, 0.3) is 0 Å². The highest BCUT2D eigenvalue weighted by Gasteiger charge is 2.19. The van der Waals surface area contributed by atoms with Crippen LogP contribution < -0.4 is 0 Å². The van der Waals surface area contributed by atoms with Gasteiger partial charge in [0, 0.05) is 19.3 Å². The second-order valence-electron chi connectivity index (χ2n) is 18.5. The SMILES string of the molecule is CC/C=C\C/C=C\C/C=C\C/C=C\C/C=C\CCCCCCCCCC(=O)OCC(COC(=O)CCCCCCCCCCC)OC(=O)CCCCCCCCCCCCCCCCC. The van der Waals surface area contributed by atoms with E-state index in [9.17, 15) is 14.4 Å². The minimum absolute atomic E-state index is 0.0742. The topological polar surface area (TPSA) is 78.9 Å². The van der Waals surface area contributed by atoms with E-state index >= 15 is 0 Å². The van der Waals surface area contributed by atoms with E-state index in [0.29, 0.717) is 19.3 Å². The van der Waals surface area contributed by atoms with Crippen molar-refractivity contribution < 1.29 is 28.6 Å².